The molecule has 0 unspecified atom stereocenters. The van der Waals surface area contributed by atoms with Gasteiger partial charge in [-0.15, -0.1) is 39.6 Å². The third-order valence-corrected chi connectivity index (χ3v) is 9.98. The molecule has 0 rings (SSSR count). The van der Waals surface area contributed by atoms with E-state index in [-0.39, 0.29) is 242 Å². The van der Waals surface area contributed by atoms with Gasteiger partial charge in [-0.3, -0.25) is 9.59 Å². The van der Waals surface area contributed by atoms with E-state index in [9.17, 15) is 30.6 Å². The molecule has 0 fully saturated rings. The van der Waals surface area contributed by atoms with Crippen LogP contribution in [0.2, 0.25) is 0 Å². The summed E-state index contributed by atoms with van der Waals surface area (Å²) in [6.07, 6.45) is 22.1. The molecule has 0 atom stereocenters. The third-order valence-electron chi connectivity index (χ3n) is 9.98. The van der Waals surface area contributed by atoms with E-state index in [1.165, 1.54) is 178 Å². The molecule has 0 aliphatic carbocycles. The molecule has 4 N–H and O–H groups in total. The molecule has 0 amide bonds. The summed E-state index contributed by atoms with van der Waals surface area (Å²) in [5, 5.41) is 74.9. The summed E-state index contributed by atoms with van der Waals surface area (Å²) in [5.74, 6) is -1.67. The molecule has 83 heavy (non-hydrogen) atoms. The zero-order chi connectivity index (χ0) is 46.4. The Morgan fingerprint density at radius 2 is 0.373 bits per heavy atom. The molecule has 0 heterocycles. The van der Waals surface area contributed by atoms with Crippen LogP contribution in [0.1, 0.15) is 186 Å². The van der Waals surface area contributed by atoms with E-state index in [1.807, 2.05) is 0 Å². The fourth-order valence-electron chi connectivity index (χ4n) is 5.54. The van der Waals surface area contributed by atoms with Crippen LogP contribution in [0.15, 0.2) is 0 Å². The van der Waals surface area contributed by atoms with Crippen LogP contribution in [0.25, 0.3) is 0 Å². The van der Waals surface area contributed by atoms with Crippen molar-refractivity contribution in [3.05, 3.63) is 0 Å². The van der Waals surface area contributed by atoms with Crippen LogP contribution in [0, 0.1) is 10.8 Å². The number of aliphatic carboxylic acids is 2. The number of carbonyl (C=O) groups is 2. The van der Waals surface area contributed by atoms with E-state index in [2.05, 4.69) is 55.4 Å². The van der Waals surface area contributed by atoms with E-state index in [0.29, 0.717) is 0 Å². The summed E-state index contributed by atoms with van der Waals surface area (Å²) in [6.45, 7) is 31.7. The van der Waals surface area contributed by atoms with Gasteiger partial charge in [-0.1, -0.05) is 131 Å². The van der Waals surface area contributed by atoms with Gasteiger partial charge in [-0.2, -0.15) is 0 Å². The van der Waals surface area contributed by atoms with E-state index in [4.69, 9.17) is 19.8 Å². The van der Waals surface area contributed by atoms with E-state index >= 15 is 0 Å². The van der Waals surface area contributed by atoms with Crippen LogP contribution in [0.3, 0.4) is 0 Å². The molecule has 30 nitrogen and oxygen atoms in total. The summed E-state index contributed by atoms with van der Waals surface area (Å²) < 4.78 is 2.84. The first-order valence-electron chi connectivity index (χ1n) is 22.9. The minimum Gasteiger partial charge on any atom is -2.00 e. The molecule has 0 saturated heterocycles. The molecule has 0 bridgehead atoms. The summed E-state index contributed by atoms with van der Waals surface area (Å²) in [4.78, 5) is 18.0. The maximum Gasteiger partial charge on any atom is 2.00 e. The molecule has 0 aromatic heterocycles. The van der Waals surface area contributed by atoms with Crippen molar-refractivity contribution in [1.82, 2.24) is 0 Å². The molecule has 0 spiro atoms. The molecular weight excluding hydrogens is 1670 g/mol. The molecule has 1 radical (unpaired) electrons. The Kier molecular flexibility index (Phi) is 374. The normalized spacial score (nSPS) is 7.83. The fraction of sp³-hybridized carbons (Fsp3) is 0.957. The van der Waals surface area contributed by atoms with Crippen molar-refractivity contribution in [2.24, 2.45) is 10.8 Å². The van der Waals surface area contributed by atoms with Crippen LogP contribution < -0.4 is 30.6 Å². The van der Waals surface area contributed by atoms with Gasteiger partial charge < -0.3 is 148 Å². The summed E-state index contributed by atoms with van der Waals surface area (Å²) in [7, 11) is 0. The molecule has 0 aliphatic rings. The summed E-state index contributed by atoms with van der Waals surface area (Å²) in [5.41, 5.74) is -2.08. The predicted octanol–water partition coefficient (Wildman–Crippen LogP) is 2.06. The van der Waals surface area contributed by atoms with Crippen LogP contribution >= 0.6 is 0 Å². The van der Waals surface area contributed by atoms with E-state index < -0.39 is 62.4 Å². The quantitative estimate of drug-likeness (QED) is 0.0771. The smallest absolute Gasteiger partial charge is 2.00 e. The van der Waals surface area contributed by atoms with Gasteiger partial charge in [0.25, 0.3) is 11.9 Å². The monoisotopic (exact) mass is 1780 g/mol. The van der Waals surface area contributed by atoms with Crippen molar-refractivity contribution in [1.29, 1.82) is 0 Å². The van der Waals surface area contributed by atoms with Gasteiger partial charge >= 0.3 is 17.1 Å². The minimum atomic E-state index is -1.04. The molecule has 37 heteroatoms. The first kappa shape index (κ1) is 206. The fourth-order valence-corrected chi connectivity index (χ4v) is 5.54. The van der Waals surface area contributed by atoms with E-state index in [1.54, 1.807) is 0 Å². The standard InChI is InChI=1S/2C16H36N.2C5H9O3.2C2H4O2.Cu.6Mo.2H2O.16O/c2*1-5-9-13-17(14-10-6-2,15-11-7-3)16-12-8-4;2*1-5(2-6,3-7)4-8;2*1-2(3)4;;;;;;;;;;;;;;;;;;;;;;;;;/h2*5-16H2,1-4H3;2*2-4H2,1H3;2*1H3,(H,3,4);;;;;;;;2*1H2;;;;;;;;;;;;;;;;/q2*+1;2*-3;;;+2;;;;;;;;;16*-2/p-2. The van der Waals surface area contributed by atoms with Crippen molar-refractivity contribution in [2.45, 2.75) is 186 Å². The van der Waals surface area contributed by atoms with Gasteiger partial charge in [0, 0.05) is 140 Å². The second-order valence-electron chi connectivity index (χ2n) is 16.8. The Bertz CT molecular complexity index is 731. The van der Waals surface area contributed by atoms with Crippen molar-refractivity contribution >= 4 is 11.9 Å². The molecule has 545 valence electrons. The average Bonchev–Trinajstić information content (AvgIpc) is 3.22. The predicted molar refractivity (Wildman–Crippen MR) is 246 cm³/mol. The topological polar surface area (TPSA) is 729 Å². The Morgan fingerprint density at radius 1 is 0.301 bits per heavy atom. The maximum absolute atomic E-state index is 10.0. The Labute approximate surface area is 596 Å². The molecule has 0 aliphatic heterocycles. The zero-order valence-electron chi connectivity index (χ0n) is 50.4. The number of hydrogen-bond donors (Lipinski definition) is 2. The van der Waals surface area contributed by atoms with Gasteiger partial charge in [0.2, 0.25) is 0 Å². The molecule has 0 aromatic carbocycles. The Hall–Kier alpha value is 2.55. The van der Waals surface area contributed by atoms with Gasteiger partial charge in [0.1, 0.15) is 0 Å². The van der Waals surface area contributed by atoms with Crippen LogP contribution in [0.5, 0.6) is 0 Å². The first-order chi connectivity index (χ1) is 27.3. The number of carboxylic acids is 2. The van der Waals surface area contributed by atoms with Gasteiger partial charge in [-0.05, 0) is 51.4 Å². The van der Waals surface area contributed by atoms with Gasteiger partial charge in [-0.25, -0.2) is 0 Å². The largest absolute Gasteiger partial charge is 2.00 e. The molecular formula is C46H100CuMo6N2O28-36. The number of hydrogen-bond acceptors (Lipinski definition) is 10. The Morgan fingerprint density at radius 3 is 0.410 bits per heavy atom. The number of carboxylic acid groups (broad SMARTS) is 2. The molecule has 0 aromatic rings. The second kappa shape index (κ2) is 151. The summed E-state index contributed by atoms with van der Waals surface area (Å²) >= 11 is 0. The van der Waals surface area contributed by atoms with Gasteiger partial charge in [0.05, 0.1) is 52.4 Å². The number of rotatable bonds is 30. The SMILES string of the molecule is CC(=O)O.CC(=O)O.CC(C[O-])(C[O-])C[O-].CC(C[O-])(C[O-])C[O-].CCCC[N+](CCCC)(CCCC)CCCC.CCCC[N+](CCCC)(CCCC)CCCC.[Cu+2].[Mo].[Mo].[Mo].[Mo].[Mo].[Mo].[O-2].[O-2].[O-2].[O-2].[O-2].[O-2].[O-2].[O-2].[O-2].[O-2].[O-2].[O-2].[O-2].[O-2].[O-2].[O-2].[OH-].[OH-]. The van der Waals surface area contributed by atoms with Crippen LogP contribution in [-0.2, 0) is 241 Å². The summed E-state index contributed by atoms with van der Waals surface area (Å²) in [6, 6.07) is 0. The first-order valence-corrected chi connectivity index (χ1v) is 22.9. The van der Waals surface area contributed by atoms with Crippen molar-refractivity contribution < 1.29 is 301 Å². The second-order valence-corrected chi connectivity index (χ2v) is 16.8. The Balaban J connectivity index is -0.0000000134. The van der Waals surface area contributed by atoms with Crippen LogP contribution in [0.4, 0.5) is 0 Å². The number of unbranched alkanes of at least 4 members (excludes halogenated alkanes) is 8. The van der Waals surface area contributed by atoms with Crippen molar-refractivity contribution in [3.8, 4) is 0 Å². The van der Waals surface area contributed by atoms with E-state index in [0.717, 1.165) is 13.8 Å². The van der Waals surface area contributed by atoms with Gasteiger partial charge in [0.15, 0.2) is 0 Å². The minimum absolute atomic E-state index is 0. The van der Waals surface area contributed by atoms with Crippen LogP contribution in [-0.4, -0.2) is 134 Å². The average molecular weight is 1770 g/mol. The number of quaternary nitrogens is 2. The number of nitrogens with zero attached hydrogens (tertiary/aromatic N) is 2. The molecule has 0 saturated carbocycles. The maximum atomic E-state index is 10.0. The zero-order valence-corrected chi connectivity index (χ0v) is 63.4. The van der Waals surface area contributed by atoms with Crippen molar-refractivity contribution in [3.63, 3.8) is 0 Å². The van der Waals surface area contributed by atoms with Crippen molar-refractivity contribution in [2.75, 3.05) is 92.0 Å². The third kappa shape index (κ3) is 157.